The second-order valence-corrected chi connectivity index (χ2v) is 7.33. The highest BCUT2D eigenvalue weighted by Crippen LogP contribution is 2.44. The van der Waals surface area contributed by atoms with Crippen LogP contribution in [0, 0.1) is 0 Å². The van der Waals surface area contributed by atoms with Crippen LogP contribution in [0.4, 0.5) is 0 Å². The zero-order valence-corrected chi connectivity index (χ0v) is 17.2. The molecule has 29 heavy (non-hydrogen) atoms. The summed E-state index contributed by atoms with van der Waals surface area (Å²) in [6.07, 6.45) is 0. The average Bonchev–Trinajstić information content (AvgIpc) is 2.79. The lowest BCUT2D eigenvalue weighted by atomic mass is 9.74. The van der Waals surface area contributed by atoms with Crippen LogP contribution in [0.15, 0.2) is 96.0 Å². The standard InChI is InChI=1S/C26H28N2O/c1-3-29-25-21(2)28(20-19-27-25)26(22-13-7-4-8-14-22,23-15-9-5-10-16-23)24-17-11-6-12-18-24/h4-18,21H,3,19-20H2,1-2H3. The first-order chi connectivity index (χ1) is 14.3. The van der Waals surface area contributed by atoms with E-state index in [4.69, 9.17) is 9.73 Å². The highest BCUT2D eigenvalue weighted by molar-refractivity contribution is 5.82. The molecule has 0 radical (unpaired) electrons. The molecule has 3 nitrogen and oxygen atoms in total. The molecule has 1 atom stereocenters. The summed E-state index contributed by atoms with van der Waals surface area (Å²) in [6.45, 7) is 6.45. The maximum absolute atomic E-state index is 5.94. The van der Waals surface area contributed by atoms with Gasteiger partial charge < -0.3 is 4.74 Å². The summed E-state index contributed by atoms with van der Waals surface area (Å²) in [7, 11) is 0. The fraction of sp³-hybridized carbons (Fsp3) is 0.269. The third kappa shape index (κ3) is 3.47. The van der Waals surface area contributed by atoms with Crippen molar-refractivity contribution in [1.29, 1.82) is 0 Å². The van der Waals surface area contributed by atoms with Gasteiger partial charge in [0.25, 0.3) is 0 Å². The Kier molecular flexibility index (Phi) is 5.77. The molecule has 0 spiro atoms. The largest absolute Gasteiger partial charge is 0.480 e. The Bertz CT molecular complexity index is 842. The number of ether oxygens (including phenoxy) is 1. The summed E-state index contributed by atoms with van der Waals surface area (Å²) in [5.41, 5.74) is 3.33. The lowest BCUT2D eigenvalue weighted by molar-refractivity contribution is 0.116. The monoisotopic (exact) mass is 384 g/mol. The van der Waals surface area contributed by atoms with Crippen LogP contribution in [0.1, 0.15) is 30.5 Å². The molecule has 1 unspecified atom stereocenters. The number of aliphatic imine (C=N–C) groups is 1. The lowest BCUT2D eigenvalue weighted by Crippen LogP contribution is -2.57. The van der Waals surface area contributed by atoms with Crippen molar-refractivity contribution in [2.75, 3.05) is 19.7 Å². The normalized spacial score (nSPS) is 17.6. The molecule has 1 aliphatic rings. The van der Waals surface area contributed by atoms with Crippen LogP contribution in [0.25, 0.3) is 0 Å². The van der Waals surface area contributed by atoms with Crippen molar-refractivity contribution in [2.45, 2.75) is 25.4 Å². The summed E-state index contributed by atoms with van der Waals surface area (Å²) >= 11 is 0. The molecule has 3 aromatic carbocycles. The molecule has 0 N–H and O–H groups in total. The van der Waals surface area contributed by atoms with E-state index in [1.165, 1.54) is 16.7 Å². The zero-order valence-electron chi connectivity index (χ0n) is 17.2. The molecular weight excluding hydrogens is 356 g/mol. The molecule has 0 saturated heterocycles. The first kappa shape index (κ1) is 19.4. The Labute approximate surface area is 173 Å². The predicted octanol–water partition coefficient (Wildman–Crippen LogP) is 5.12. The van der Waals surface area contributed by atoms with Crippen molar-refractivity contribution in [3.8, 4) is 0 Å². The van der Waals surface area contributed by atoms with Gasteiger partial charge in [0, 0.05) is 6.54 Å². The molecule has 3 heteroatoms. The second kappa shape index (κ2) is 8.62. The molecule has 0 aromatic heterocycles. The minimum absolute atomic E-state index is 0.0596. The van der Waals surface area contributed by atoms with Crippen LogP contribution in [0.5, 0.6) is 0 Å². The fourth-order valence-electron chi connectivity index (χ4n) is 4.53. The molecular formula is C26H28N2O. The van der Waals surface area contributed by atoms with Crippen LogP contribution in [-0.4, -0.2) is 36.5 Å². The maximum atomic E-state index is 5.94. The van der Waals surface area contributed by atoms with Crippen molar-refractivity contribution < 1.29 is 4.74 Å². The van der Waals surface area contributed by atoms with Gasteiger partial charge in [0.2, 0.25) is 5.90 Å². The van der Waals surface area contributed by atoms with Crippen molar-refractivity contribution in [1.82, 2.24) is 4.90 Å². The summed E-state index contributed by atoms with van der Waals surface area (Å²) in [6, 6.07) is 32.5. The molecule has 0 bridgehead atoms. The predicted molar refractivity (Wildman–Crippen MR) is 119 cm³/mol. The van der Waals surface area contributed by atoms with Crippen LogP contribution in [0.2, 0.25) is 0 Å². The zero-order chi connectivity index (χ0) is 20.1. The summed E-state index contributed by atoms with van der Waals surface area (Å²) < 4.78 is 5.94. The van der Waals surface area contributed by atoms with E-state index in [2.05, 4.69) is 103 Å². The highest BCUT2D eigenvalue weighted by Gasteiger charge is 2.46. The first-order valence-corrected chi connectivity index (χ1v) is 10.4. The summed E-state index contributed by atoms with van der Waals surface area (Å²) in [5.74, 6) is 0.825. The van der Waals surface area contributed by atoms with Crippen molar-refractivity contribution in [3.05, 3.63) is 108 Å². The quantitative estimate of drug-likeness (QED) is 0.571. The van der Waals surface area contributed by atoms with Crippen LogP contribution >= 0.6 is 0 Å². The van der Waals surface area contributed by atoms with Gasteiger partial charge in [-0.15, -0.1) is 0 Å². The van der Waals surface area contributed by atoms with Gasteiger partial charge in [-0.05, 0) is 30.5 Å². The van der Waals surface area contributed by atoms with Gasteiger partial charge in [0.15, 0.2) is 0 Å². The van der Waals surface area contributed by atoms with Gasteiger partial charge >= 0.3 is 0 Å². The SMILES string of the molecule is CCOC1=NCCN(C(c2ccccc2)(c2ccccc2)c2ccccc2)C1C. The molecule has 0 aliphatic carbocycles. The topological polar surface area (TPSA) is 24.8 Å². The maximum Gasteiger partial charge on any atom is 0.200 e. The van der Waals surface area contributed by atoms with E-state index in [1.54, 1.807) is 0 Å². The third-order valence-corrected chi connectivity index (χ3v) is 5.73. The molecule has 148 valence electrons. The minimum Gasteiger partial charge on any atom is -0.480 e. The third-order valence-electron chi connectivity index (χ3n) is 5.73. The average molecular weight is 385 g/mol. The summed E-state index contributed by atoms with van der Waals surface area (Å²) in [4.78, 5) is 7.24. The number of benzene rings is 3. The molecule has 4 rings (SSSR count). The van der Waals surface area contributed by atoms with E-state index in [1.807, 2.05) is 6.92 Å². The Balaban J connectivity index is 2.00. The molecule has 0 amide bonds. The van der Waals surface area contributed by atoms with Gasteiger partial charge in [-0.25, -0.2) is 0 Å². The Morgan fingerprint density at radius 2 is 1.28 bits per heavy atom. The van der Waals surface area contributed by atoms with E-state index in [-0.39, 0.29) is 6.04 Å². The van der Waals surface area contributed by atoms with Crippen LogP contribution < -0.4 is 0 Å². The van der Waals surface area contributed by atoms with Crippen molar-refractivity contribution in [3.63, 3.8) is 0 Å². The molecule has 1 heterocycles. The van der Waals surface area contributed by atoms with E-state index in [0.29, 0.717) is 6.61 Å². The molecule has 1 aliphatic heterocycles. The Hall–Kier alpha value is -2.91. The van der Waals surface area contributed by atoms with E-state index < -0.39 is 5.54 Å². The molecule has 3 aromatic rings. The number of rotatable bonds is 5. The van der Waals surface area contributed by atoms with E-state index in [9.17, 15) is 0 Å². The fourth-order valence-corrected chi connectivity index (χ4v) is 4.53. The number of hydrogen-bond acceptors (Lipinski definition) is 3. The van der Waals surface area contributed by atoms with Crippen molar-refractivity contribution in [2.24, 2.45) is 4.99 Å². The Morgan fingerprint density at radius 1 is 0.828 bits per heavy atom. The molecule has 0 saturated carbocycles. The summed E-state index contributed by atoms with van der Waals surface area (Å²) in [5, 5.41) is 0. The highest BCUT2D eigenvalue weighted by atomic mass is 16.5. The minimum atomic E-state index is -0.429. The molecule has 0 fully saturated rings. The van der Waals surface area contributed by atoms with E-state index in [0.717, 1.165) is 19.0 Å². The second-order valence-electron chi connectivity index (χ2n) is 7.33. The van der Waals surface area contributed by atoms with Gasteiger partial charge in [-0.2, -0.15) is 0 Å². The van der Waals surface area contributed by atoms with Crippen molar-refractivity contribution >= 4 is 5.90 Å². The van der Waals surface area contributed by atoms with Gasteiger partial charge in [0.1, 0.15) is 0 Å². The number of hydrogen-bond donors (Lipinski definition) is 0. The van der Waals surface area contributed by atoms with Gasteiger partial charge in [0.05, 0.1) is 24.7 Å². The first-order valence-electron chi connectivity index (χ1n) is 10.4. The smallest absolute Gasteiger partial charge is 0.200 e. The van der Waals surface area contributed by atoms with Crippen LogP contribution in [0.3, 0.4) is 0 Å². The van der Waals surface area contributed by atoms with E-state index >= 15 is 0 Å². The lowest BCUT2D eigenvalue weighted by Gasteiger charge is -2.49. The van der Waals surface area contributed by atoms with Gasteiger partial charge in [-0.3, -0.25) is 9.89 Å². The van der Waals surface area contributed by atoms with Gasteiger partial charge in [-0.1, -0.05) is 91.0 Å². The Morgan fingerprint density at radius 3 is 1.69 bits per heavy atom. The van der Waals surface area contributed by atoms with Crippen LogP contribution in [-0.2, 0) is 10.3 Å². The number of nitrogens with zero attached hydrogens (tertiary/aromatic N) is 2.